The first-order valence-corrected chi connectivity index (χ1v) is 9.91. The molecule has 0 saturated heterocycles. The van der Waals surface area contributed by atoms with Crippen LogP contribution in [0, 0.1) is 0 Å². The van der Waals surface area contributed by atoms with Crippen molar-refractivity contribution in [3.05, 3.63) is 102 Å². The molecule has 5 nitrogen and oxygen atoms in total. The van der Waals surface area contributed by atoms with Gasteiger partial charge < -0.3 is 14.5 Å². The van der Waals surface area contributed by atoms with Crippen molar-refractivity contribution >= 4 is 34.2 Å². The third-order valence-electron chi connectivity index (χ3n) is 4.48. The van der Waals surface area contributed by atoms with Crippen molar-refractivity contribution in [2.24, 2.45) is 0 Å². The molecule has 0 aliphatic heterocycles. The highest BCUT2D eigenvalue weighted by Crippen LogP contribution is 2.18. The highest BCUT2D eigenvalue weighted by atomic mass is 32.1. The summed E-state index contributed by atoms with van der Waals surface area (Å²) in [6, 6.07) is 26.9. The molecule has 0 saturated carbocycles. The van der Waals surface area contributed by atoms with E-state index in [4.69, 9.17) is 21.4 Å². The van der Waals surface area contributed by atoms with Crippen LogP contribution in [0.5, 0.6) is 5.75 Å². The highest BCUT2D eigenvalue weighted by molar-refractivity contribution is 7.80. The van der Waals surface area contributed by atoms with Crippen molar-refractivity contribution in [2.75, 3.05) is 0 Å². The number of hydrogen-bond acceptors (Lipinski definition) is 4. The van der Waals surface area contributed by atoms with E-state index in [0.29, 0.717) is 18.7 Å². The van der Waals surface area contributed by atoms with Crippen LogP contribution in [0.3, 0.4) is 0 Å². The van der Waals surface area contributed by atoms with Gasteiger partial charge in [-0.1, -0.05) is 60.7 Å². The van der Waals surface area contributed by atoms with E-state index in [1.807, 2.05) is 78.9 Å². The van der Waals surface area contributed by atoms with Crippen LogP contribution in [0.4, 0.5) is 0 Å². The Labute approximate surface area is 179 Å². The van der Waals surface area contributed by atoms with E-state index < -0.39 is 0 Å². The number of fused-ring (bicyclic) bond motifs is 1. The third kappa shape index (κ3) is 5.04. The van der Waals surface area contributed by atoms with Crippen LogP contribution < -0.4 is 15.4 Å². The predicted octanol–water partition coefficient (Wildman–Crippen LogP) is 4.82. The Morgan fingerprint density at radius 3 is 2.50 bits per heavy atom. The Bertz CT molecular complexity index is 1140. The van der Waals surface area contributed by atoms with Gasteiger partial charge in [0.15, 0.2) is 10.9 Å². The number of ether oxygens (including phenoxy) is 1. The SMILES string of the molecule is O=C(NC(=S)NCc1cccc(OCc2ccccc2)c1)c1cc2ccccc2o1. The van der Waals surface area contributed by atoms with E-state index in [-0.39, 0.29) is 16.8 Å². The quantitative estimate of drug-likeness (QED) is 0.442. The summed E-state index contributed by atoms with van der Waals surface area (Å²) >= 11 is 5.24. The van der Waals surface area contributed by atoms with Gasteiger partial charge in [0.1, 0.15) is 17.9 Å². The Kier molecular flexibility index (Phi) is 6.06. The van der Waals surface area contributed by atoms with E-state index in [1.165, 1.54) is 0 Å². The molecule has 0 spiro atoms. The fraction of sp³-hybridized carbons (Fsp3) is 0.0833. The van der Waals surface area contributed by atoms with E-state index >= 15 is 0 Å². The van der Waals surface area contributed by atoms with E-state index in [2.05, 4.69) is 10.6 Å². The maximum absolute atomic E-state index is 12.4. The topological polar surface area (TPSA) is 63.5 Å². The molecule has 0 aliphatic rings. The number of rotatable bonds is 6. The summed E-state index contributed by atoms with van der Waals surface area (Å²) in [6.45, 7) is 0.964. The first-order valence-electron chi connectivity index (χ1n) is 9.51. The van der Waals surface area contributed by atoms with Gasteiger partial charge in [-0.3, -0.25) is 10.1 Å². The molecule has 2 N–H and O–H groups in total. The molecule has 150 valence electrons. The normalized spacial score (nSPS) is 10.5. The Balaban J connectivity index is 1.29. The lowest BCUT2D eigenvalue weighted by Crippen LogP contribution is -2.38. The Hall–Kier alpha value is -3.64. The molecule has 0 bridgehead atoms. The number of benzene rings is 3. The van der Waals surface area contributed by atoms with Gasteiger partial charge in [-0.05, 0) is 47.6 Å². The summed E-state index contributed by atoms with van der Waals surface area (Å²) in [7, 11) is 0. The first kappa shape index (κ1) is 19.7. The minimum Gasteiger partial charge on any atom is -0.489 e. The maximum atomic E-state index is 12.4. The summed E-state index contributed by atoms with van der Waals surface area (Å²) in [4.78, 5) is 12.4. The van der Waals surface area contributed by atoms with E-state index in [9.17, 15) is 4.79 Å². The van der Waals surface area contributed by atoms with Gasteiger partial charge in [0.25, 0.3) is 5.91 Å². The van der Waals surface area contributed by atoms with Crippen LogP contribution in [0.25, 0.3) is 11.0 Å². The van der Waals surface area contributed by atoms with Crippen molar-refractivity contribution in [1.82, 2.24) is 10.6 Å². The van der Waals surface area contributed by atoms with Crippen molar-refractivity contribution < 1.29 is 13.9 Å². The minimum atomic E-state index is -0.386. The summed E-state index contributed by atoms with van der Waals surface area (Å²) in [6.07, 6.45) is 0. The van der Waals surface area contributed by atoms with Crippen LogP contribution in [0.2, 0.25) is 0 Å². The lowest BCUT2D eigenvalue weighted by atomic mass is 10.2. The van der Waals surface area contributed by atoms with Crippen molar-refractivity contribution in [3.8, 4) is 5.75 Å². The van der Waals surface area contributed by atoms with Crippen LogP contribution in [0.1, 0.15) is 21.7 Å². The number of amides is 1. The predicted molar refractivity (Wildman–Crippen MR) is 120 cm³/mol. The highest BCUT2D eigenvalue weighted by Gasteiger charge is 2.13. The fourth-order valence-corrected chi connectivity index (χ4v) is 3.14. The van der Waals surface area contributed by atoms with Gasteiger partial charge in [0.2, 0.25) is 0 Å². The zero-order valence-electron chi connectivity index (χ0n) is 16.1. The lowest BCUT2D eigenvalue weighted by Gasteiger charge is -2.11. The second-order valence-corrected chi connectivity index (χ2v) is 7.12. The molecule has 30 heavy (non-hydrogen) atoms. The van der Waals surface area contributed by atoms with Crippen LogP contribution in [-0.2, 0) is 13.2 Å². The van der Waals surface area contributed by atoms with E-state index in [0.717, 1.165) is 22.3 Å². The zero-order valence-corrected chi connectivity index (χ0v) is 16.9. The molecule has 1 amide bonds. The second-order valence-electron chi connectivity index (χ2n) is 6.71. The second kappa shape index (κ2) is 9.24. The molecule has 0 atom stereocenters. The van der Waals surface area contributed by atoms with Gasteiger partial charge in [0, 0.05) is 11.9 Å². The van der Waals surface area contributed by atoms with Gasteiger partial charge in [-0.15, -0.1) is 0 Å². The van der Waals surface area contributed by atoms with Gasteiger partial charge in [0.05, 0.1) is 0 Å². The molecule has 1 heterocycles. The molecule has 4 rings (SSSR count). The molecule has 4 aromatic rings. The average Bonchev–Trinajstić information content (AvgIpc) is 3.22. The Morgan fingerprint density at radius 1 is 0.900 bits per heavy atom. The van der Waals surface area contributed by atoms with Gasteiger partial charge >= 0.3 is 0 Å². The number of carbonyl (C=O) groups is 1. The van der Waals surface area contributed by atoms with Crippen LogP contribution in [-0.4, -0.2) is 11.0 Å². The van der Waals surface area contributed by atoms with Crippen LogP contribution >= 0.6 is 12.2 Å². The minimum absolute atomic E-state index is 0.219. The molecule has 0 radical (unpaired) electrons. The third-order valence-corrected chi connectivity index (χ3v) is 4.72. The lowest BCUT2D eigenvalue weighted by molar-refractivity contribution is 0.0951. The maximum Gasteiger partial charge on any atom is 0.293 e. The smallest absolute Gasteiger partial charge is 0.293 e. The number of nitrogens with one attached hydrogen (secondary N) is 2. The molecule has 0 unspecified atom stereocenters. The van der Waals surface area contributed by atoms with E-state index in [1.54, 1.807) is 6.07 Å². The number of thiocarbonyl (C=S) groups is 1. The molecule has 1 aromatic heterocycles. The molecular weight excluding hydrogens is 396 g/mol. The van der Waals surface area contributed by atoms with Crippen LogP contribution in [0.15, 0.2) is 89.3 Å². The van der Waals surface area contributed by atoms with Gasteiger partial charge in [-0.25, -0.2) is 0 Å². The number of carbonyl (C=O) groups excluding carboxylic acids is 1. The molecule has 3 aromatic carbocycles. The summed E-state index contributed by atoms with van der Waals surface area (Å²) in [5, 5.41) is 6.78. The summed E-state index contributed by atoms with van der Waals surface area (Å²) in [5.41, 5.74) is 2.75. The fourth-order valence-electron chi connectivity index (χ4n) is 2.97. The monoisotopic (exact) mass is 416 g/mol. The number of para-hydroxylation sites is 1. The molecule has 0 fully saturated rings. The molecule has 0 aliphatic carbocycles. The van der Waals surface area contributed by atoms with Crippen molar-refractivity contribution in [3.63, 3.8) is 0 Å². The first-order chi connectivity index (χ1) is 14.7. The number of hydrogen-bond donors (Lipinski definition) is 2. The molecule has 6 heteroatoms. The molecular formula is C24H20N2O3S. The number of furan rings is 1. The summed E-state index contributed by atoms with van der Waals surface area (Å²) in [5.74, 6) is 0.607. The van der Waals surface area contributed by atoms with Crippen molar-refractivity contribution in [1.29, 1.82) is 0 Å². The average molecular weight is 417 g/mol. The van der Waals surface area contributed by atoms with Crippen molar-refractivity contribution in [2.45, 2.75) is 13.2 Å². The summed E-state index contributed by atoms with van der Waals surface area (Å²) < 4.78 is 11.4. The largest absolute Gasteiger partial charge is 0.489 e. The Morgan fingerprint density at radius 2 is 1.67 bits per heavy atom. The van der Waals surface area contributed by atoms with Gasteiger partial charge in [-0.2, -0.15) is 0 Å². The zero-order chi connectivity index (χ0) is 20.8. The standard InChI is InChI=1S/C24H20N2O3S/c27-23(22-14-19-10-4-5-12-21(19)29-22)26-24(30)25-15-18-9-6-11-20(13-18)28-16-17-7-2-1-3-8-17/h1-14H,15-16H2,(H2,25,26,27,30).